The van der Waals surface area contributed by atoms with Crippen LogP contribution in [0.1, 0.15) is 0 Å². The molecule has 0 aliphatic carbocycles. The molecule has 110 valence electrons. The fourth-order valence-corrected chi connectivity index (χ4v) is 1.68. The molecule has 0 aliphatic heterocycles. The zero-order chi connectivity index (χ0) is 15.1. The Morgan fingerprint density at radius 1 is 1.19 bits per heavy atom. The lowest BCUT2D eigenvalue weighted by atomic mass is 10.3. The van der Waals surface area contributed by atoms with Crippen LogP contribution in [0.4, 0.5) is 20.6 Å². The van der Waals surface area contributed by atoms with E-state index < -0.39 is 11.8 Å². The van der Waals surface area contributed by atoms with E-state index in [9.17, 15) is 9.18 Å². The minimum Gasteiger partial charge on any atom is -0.492 e. The van der Waals surface area contributed by atoms with Crippen LogP contribution >= 0.6 is 0 Å². The molecule has 2 aromatic carbocycles. The smallest absolute Gasteiger partial charge is 0.319 e. The maximum absolute atomic E-state index is 12.9. The van der Waals surface area contributed by atoms with Gasteiger partial charge >= 0.3 is 6.03 Å². The molecule has 0 atom stereocenters. The first-order valence-corrected chi connectivity index (χ1v) is 6.42. The first-order valence-electron chi connectivity index (χ1n) is 6.42. The number of ether oxygens (including phenoxy) is 1. The van der Waals surface area contributed by atoms with Gasteiger partial charge in [-0.25, -0.2) is 9.18 Å². The van der Waals surface area contributed by atoms with E-state index in [1.807, 2.05) is 0 Å². The van der Waals surface area contributed by atoms with Gasteiger partial charge in [-0.05, 0) is 30.3 Å². The minimum atomic E-state index is -0.420. The van der Waals surface area contributed by atoms with Gasteiger partial charge in [0.05, 0.1) is 6.54 Å². The molecule has 6 heteroatoms. The van der Waals surface area contributed by atoms with Crippen LogP contribution in [-0.4, -0.2) is 19.2 Å². The number of halogens is 1. The normalized spacial score (nSPS) is 9.95. The van der Waals surface area contributed by atoms with Crippen molar-refractivity contribution >= 4 is 17.4 Å². The van der Waals surface area contributed by atoms with E-state index in [2.05, 4.69) is 10.6 Å². The topological polar surface area (TPSA) is 76.4 Å². The molecular weight excluding hydrogens is 273 g/mol. The molecule has 4 N–H and O–H groups in total. The lowest BCUT2D eigenvalue weighted by Gasteiger charge is -2.09. The summed E-state index contributed by atoms with van der Waals surface area (Å²) in [4.78, 5) is 11.6. The van der Waals surface area contributed by atoms with Crippen LogP contribution in [0.3, 0.4) is 0 Å². The zero-order valence-electron chi connectivity index (χ0n) is 11.3. The highest BCUT2D eigenvalue weighted by atomic mass is 19.1. The van der Waals surface area contributed by atoms with Crippen molar-refractivity contribution in [2.24, 2.45) is 0 Å². The van der Waals surface area contributed by atoms with Crippen molar-refractivity contribution < 1.29 is 13.9 Å². The number of urea groups is 1. The number of hydrogen-bond donors (Lipinski definition) is 3. The lowest BCUT2D eigenvalue weighted by molar-refractivity contribution is 0.247. The van der Waals surface area contributed by atoms with Crippen molar-refractivity contribution in [1.29, 1.82) is 0 Å². The van der Waals surface area contributed by atoms with Gasteiger partial charge < -0.3 is 21.1 Å². The number of benzene rings is 2. The van der Waals surface area contributed by atoms with Crippen molar-refractivity contribution in [1.82, 2.24) is 5.32 Å². The summed E-state index contributed by atoms with van der Waals surface area (Å²) in [5, 5.41) is 5.13. The molecule has 0 spiro atoms. The Labute approximate surface area is 121 Å². The first-order chi connectivity index (χ1) is 10.1. The van der Waals surface area contributed by atoms with Gasteiger partial charge in [-0.1, -0.05) is 12.1 Å². The fraction of sp³-hybridized carbons (Fsp3) is 0.133. The van der Waals surface area contributed by atoms with Gasteiger partial charge in [0.15, 0.2) is 0 Å². The average molecular weight is 289 g/mol. The summed E-state index contributed by atoms with van der Waals surface area (Å²) in [5.74, 6) is 0.236. The van der Waals surface area contributed by atoms with Crippen molar-refractivity contribution in [3.63, 3.8) is 0 Å². The van der Waals surface area contributed by atoms with E-state index >= 15 is 0 Å². The molecule has 2 aromatic rings. The second kappa shape index (κ2) is 7.14. The number of nitrogens with two attached hydrogens (primary N) is 1. The second-order valence-corrected chi connectivity index (χ2v) is 4.31. The minimum absolute atomic E-state index is 0.306. The zero-order valence-corrected chi connectivity index (χ0v) is 11.3. The molecule has 0 saturated carbocycles. The molecule has 0 aliphatic rings. The predicted molar refractivity (Wildman–Crippen MR) is 79.8 cm³/mol. The van der Waals surface area contributed by atoms with Gasteiger partial charge in [-0.3, -0.25) is 0 Å². The molecule has 0 bridgehead atoms. The molecule has 21 heavy (non-hydrogen) atoms. The molecule has 0 fully saturated rings. The van der Waals surface area contributed by atoms with Gasteiger partial charge in [0, 0.05) is 17.4 Å². The Morgan fingerprint density at radius 2 is 2.00 bits per heavy atom. The summed E-state index contributed by atoms with van der Waals surface area (Å²) in [7, 11) is 0. The van der Waals surface area contributed by atoms with E-state index in [1.54, 1.807) is 30.3 Å². The molecule has 2 amide bonds. The number of nitrogen functional groups attached to an aromatic ring is 1. The monoisotopic (exact) mass is 289 g/mol. The summed E-state index contributed by atoms with van der Waals surface area (Å²) in [6.45, 7) is 0.621. The molecule has 0 heterocycles. The van der Waals surface area contributed by atoms with Crippen LogP contribution in [-0.2, 0) is 0 Å². The van der Waals surface area contributed by atoms with Gasteiger partial charge in [0.2, 0.25) is 0 Å². The van der Waals surface area contributed by atoms with Crippen LogP contribution in [0.2, 0.25) is 0 Å². The number of nitrogens with one attached hydrogen (secondary N) is 2. The second-order valence-electron chi connectivity index (χ2n) is 4.31. The standard InChI is InChI=1S/C15H16FN3O2/c16-11-3-1-5-13(9-11)19-15(20)18-7-8-21-14-6-2-4-12(17)10-14/h1-6,9-10H,7-8,17H2,(H2,18,19,20). The van der Waals surface area contributed by atoms with Gasteiger partial charge in [0.1, 0.15) is 18.2 Å². The van der Waals surface area contributed by atoms with Gasteiger partial charge in [-0.2, -0.15) is 0 Å². The van der Waals surface area contributed by atoms with E-state index in [4.69, 9.17) is 10.5 Å². The molecular formula is C15H16FN3O2. The van der Waals surface area contributed by atoms with E-state index in [0.29, 0.717) is 30.3 Å². The fourth-order valence-electron chi connectivity index (χ4n) is 1.68. The third kappa shape index (κ3) is 5.02. The SMILES string of the molecule is Nc1cccc(OCCNC(=O)Nc2cccc(F)c2)c1. The Bertz CT molecular complexity index is 619. The Balaban J connectivity index is 1.70. The number of anilines is 2. The maximum Gasteiger partial charge on any atom is 0.319 e. The number of hydrogen-bond acceptors (Lipinski definition) is 3. The lowest BCUT2D eigenvalue weighted by Crippen LogP contribution is -2.32. The average Bonchev–Trinajstić information content (AvgIpc) is 2.44. The Hall–Kier alpha value is -2.76. The molecule has 0 unspecified atom stereocenters. The van der Waals surface area contributed by atoms with Crippen molar-refractivity contribution in [3.8, 4) is 5.75 Å². The van der Waals surface area contributed by atoms with Crippen LogP contribution in [0, 0.1) is 5.82 Å². The quantitative estimate of drug-likeness (QED) is 0.585. The number of amides is 2. The molecule has 5 nitrogen and oxygen atoms in total. The van der Waals surface area contributed by atoms with E-state index in [1.165, 1.54) is 18.2 Å². The Morgan fingerprint density at radius 3 is 2.76 bits per heavy atom. The highest BCUT2D eigenvalue weighted by Crippen LogP contribution is 2.13. The van der Waals surface area contributed by atoms with Crippen molar-refractivity contribution in [3.05, 3.63) is 54.3 Å². The van der Waals surface area contributed by atoms with Gasteiger partial charge in [0.25, 0.3) is 0 Å². The number of carbonyl (C=O) groups is 1. The molecule has 2 rings (SSSR count). The van der Waals surface area contributed by atoms with E-state index in [0.717, 1.165) is 0 Å². The van der Waals surface area contributed by atoms with Crippen LogP contribution in [0.15, 0.2) is 48.5 Å². The highest BCUT2D eigenvalue weighted by Gasteiger charge is 2.02. The summed E-state index contributed by atoms with van der Waals surface area (Å²) in [6, 6.07) is 12.3. The third-order valence-electron chi connectivity index (χ3n) is 2.60. The third-order valence-corrected chi connectivity index (χ3v) is 2.60. The van der Waals surface area contributed by atoms with Crippen LogP contribution in [0.25, 0.3) is 0 Å². The van der Waals surface area contributed by atoms with Crippen LogP contribution in [0.5, 0.6) is 5.75 Å². The molecule has 0 radical (unpaired) electrons. The highest BCUT2D eigenvalue weighted by molar-refractivity contribution is 5.89. The van der Waals surface area contributed by atoms with Crippen molar-refractivity contribution in [2.45, 2.75) is 0 Å². The largest absolute Gasteiger partial charge is 0.492 e. The maximum atomic E-state index is 12.9. The molecule has 0 aromatic heterocycles. The summed E-state index contributed by atoms with van der Waals surface area (Å²) < 4.78 is 18.4. The van der Waals surface area contributed by atoms with Crippen LogP contribution < -0.4 is 21.1 Å². The summed E-state index contributed by atoms with van der Waals surface area (Å²) in [5.41, 5.74) is 6.63. The Kier molecular flexibility index (Phi) is 4.98. The summed E-state index contributed by atoms with van der Waals surface area (Å²) >= 11 is 0. The molecule has 0 saturated heterocycles. The number of carbonyl (C=O) groups excluding carboxylic acids is 1. The number of rotatable bonds is 5. The van der Waals surface area contributed by atoms with Gasteiger partial charge in [-0.15, -0.1) is 0 Å². The van der Waals surface area contributed by atoms with E-state index in [-0.39, 0.29) is 0 Å². The predicted octanol–water partition coefficient (Wildman–Crippen LogP) is 2.61. The first kappa shape index (κ1) is 14.6. The van der Waals surface area contributed by atoms with Crippen molar-refractivity contribution in [2.75, 3.05) is 24.2 Å². The summed E-state index contributed by atoms with van der Waals surface area (Å²) in [6.07, 6.45) is 0.